The normalized spacial score (nSPS) is 20.6. The number of piperidine rings is 1. The predicted octanol–water partition coefficient (Wildman–Crippen LogP) is 3.71. The Morgan fingerprint density at radius 2 is 1.97 bits per heavy atom. The molecule has 160 valence electrons. The number of rotatable bonds is 3. The Bertz CT molecular complexity index is 1050. The molecule has 30 heavy (non-hydrogen) atoms. The lowest BCUT2D eigenvalue weighted by Gasteiger charge is -2.32. The van der Waals surface area contributed by atoms with Crippen LogP contribution in [0.5, 0.6) is 5.75 Å². The number of hydrogen-bond acceptors (Lipinski definition) is 5. The lowest BCUT2D eigenvalue weighted by Crippen LogP contribution is -2.45. The van der Waals surface area contributed by atoms with Crippen LogP contribution in [-0.2, 0) is 6.18 Å². The van der Waals surface area contributed by atoms with Gasteiger partial charge in [0, 0.05) is 31.7 Å². The van der Waals surface area contributed by atoms with E-state index in [4.69, 9.17) is 0 Å². The van der Waals surface area contributed by atoms with Crippen LogP contribution in [0.1, 0.15) is 12.0 Å². The summed E-state index contributed by atoms with van der Waals surface area (Å²) in [6.07, 6.45) is -3.91. The van der Waals surface area contributed by atoms with Crippen LogP contribution < -0.4 is 5.32 Å². The van der Waals surface area contributed by atoms with Crippen LogP contribution in [0.2, 0.25) is 0 Å². The van der Waals surface area contributed by atoms with E-state index in [9.17, 15) is 27.1 Å². The first-order valence-corrected chi connectivity index (χ1v) is 9.16. The van der Waals surface area contributed by atoms with Crippen LogP contribution in [0.4, 0.5) is 27.9 Å². The Balaban J connectivity index is 1.73. The summed E-state index contributed by atoms with van der Waals surface area (Å²) in [4.78, 5) is 1.84. The summed E-state index contributed by atoms with van der Waals surface area (Å²) in [7, 11) is 1.80. The van der Waals surface area contributed by atoms with Crippen LogP contribution in [0.25, 0.3) is 16.8 Å². The van der Waals surface area contributed by atoms with Gasteiger partial charge >= 0.3 is 6.18 Å². The van der Waals surface area contributed by atoms with E-state index in [1.165, 1.54) is 4.40 Å². The molecule has 3 aromatic rings. The van der Waals surface area contributed by atoms with E-state index < -0.39 is 35.0 Å². The second-order valence-electron chi connectivity index (χ2n) is 7.38. The molecular weight excluding hydrogens is 409 g/mol. The number of phenols is 1. The summed E-state index contributed by atoms with van der Waals surface area (Å²) < 4.78 is 68.5. The Morgan fingerprint density at radius 1 is 1.20 bits per heavy atom. The fourth-order valence-electron chi connectivity index (χ4n) is 3.76. The molecule has 1 aliphatic rings. The number of fused-ring (bicyclic) bond motifs is 1. The Morgan fingerprint density at radius 3 is 2.63 bits per heavy atom. The number of aromatic hydroxyl groups is 1. The summed E-state index contributed by atoms with van der Waals surface area (Å²) >= 11 is 0. The van der Waals surface area contributed by atoms with Gasteiger partial charge in [0.05, 0.1) is 16.6 Å². The zero-order chi connectivity index (χ0) is 21.6. The summed E-state index contributed by atoms with van der Waals surface area (Å²) in [5, 5.41) is 21.2. The van der Waals surface area contributed by atoms with Crippen molar-refractivity contribution in [1.29, 1.82) is 0 Å². The van der Waals surface area contributed by atoms with Crippen LogP contribution in [0, 0.1) is 5.82 Å². The van der Waals surface area contributed by atoms with Crippen molar-refractivity contribution in [2.75, 3.05) is 25.5 Å². The molecule has 1 aliphatic heterocycles. The fourth-order valence-corrected chi connectivity index (χ4v) is 3.76. The molecule has 3 heterocycles. The molecule has 1 fully saturated rings. The van der Waals surface area contributed by atoms with Crippen LogP contribution in [0.15, 0.2) is 30.5 Å². The third-order valence-corrected chi connectivity index (χ3v) is 5.01. The first kappa shape index (κ1) is 20.3. The molecule has 1 aromatic carbocycles. The number of alkyl halides is 4. The van der Waals surface area contributed by atoms with Crippen molar-refractivity contribution in [3.63, 3.8) is 0 Å². The third kappa shape index (κ3) is 3.76. The van der Waals surface area contributed by atoms with Gasteiger partial charge in [0.25, 0.3) is 0 Å². The van der Waals surface area contributed by atoms with E-state index in [1.807, 2.05) is 4.90 Å². The number of likely N-dealkylation sites (tertiary alicyclic amines) is 1. The maximum Gasteiger partial charge on any atom is 0.416 e. The Hall–Kier alpha value is -2.95. The lowest BCUT2D eigenvalue weighted by atomic mass is 10.0. The number of phenolic OH excluding ortho intramolecular Hbond substituents is 1. The molecule has 4 rings (SSSR count). The van der Waals surface area contributed by atoms with E-state index in [0.717, 1.165) is 0 Å². The van der Waals surface area contributed by atoms with E-state index in [-0.39, 0.29) is 24.1 Å². The van der Waals surface area contributed by atoms with Gasteiger partial charge in [0.1, 0.15) is 23.4 Å². The number of likely N-dealkylation sites (N-methyl/N-ethyl adjacent to an activating group) is 1. The molecular formula is C19H18F5N5O. The maximum atomic E-state index is 14.5. The summed E-state index contributed by atoms with van der Waals surface area (Å²) in [6, 6.07) is 3.71. The van der Waals surface area contributed by atoms with Gasteiger partial charge in [-0.15, -0.1) is 10.2 Å². The number of hydrogen-bond donors (Lipinski definition) is 2. The van der Waals surface area contributed by atoms with Crippen molar-refractivity contribution in [3.05, 3.63) is 41.8 Å². The molecule has 1 saturated heterocycles. The highest BCUT2D eigenvalue weighted by molar-refractivity contribution is 5.81. The fraction of sp³-hybridized carbons (Fsp3) is 0.368. The van der Waals surface area contributed by atoms with Gasteiger partial charge in [0.2, 0.25) is 5.95 Å². The average molecular weight is 427 g/mol. The van der Waals surface area contributed by atoms with E-state index in [0.29, 0.717) is 30.7 Å². The van der Waals surface area contributed by atoms with Crippen LogP contribution in [0.3, 0.4) is 0 Å². The Labute approximate surface area is 167 Å². The molecule has 0 aliphatic carbocycles. The lowest BCUT2D eigenvalue weighted by molar-refractivity contribution is -0.137. The van der Waals surface area contributed by atoms with Crippen LogP contribution in [-0.4, -0.2) is 57.0 Å². The summed E-state index contributed by atoms with van der Waals surface area (Å²) in [5.74, 6) is -1.89. The minimum absolute atomic E-state index is 0.113. The van der Waals surface area contributed by atoms with E-state index in [1.54, 1.807) is 25.4 Å². The maximum absolute atomic E-state index is 14.5. The number of aromatic nitrogens is 3. The number of anilines is 1. The van der Waals surface area contributed by atoms with Crippen molar-refractivity contribution < 1.29 is 27.1 Å². The first-order chi connectivity index (χ1) is 14.1. The van der Waals surface area contributed by atoms with Gasteiger partial charge in [-0.25, -0.2) is 8.78 Å². The standard InChI is InChI=1S/C19H18F5N5O/c1-28-8-11(20)7-12(9-28)25-18-27-26-17(14-3-2-4-29(14)18)16-13(21)5-10(6-15(16)30)19(22,23)24/h2-6,11-12,30H,7-9H2,1H3,(H,25,27)/t11-,12-/m1/s1. The van der Waals surface area contributed by atoms with E-state index >= 15 is 0 Å². The average Bonchev–Trinajstić information content (AvgIpc) is 3.11. The summed E-state index contributed by atoms with van der Waals surface area (Å²) in [6.45, 7) is 0.926. The largest absolute Gasteiger partial charge is 0.507 e. The zero-order valence-electron chi connectivity index (χ0n) is 15.8. The second-order valence-corrected chi connectivity index (χ2v) is 7.38. The van der Waals surface area contributed by atoms with Gasteiger partial charge in [0.15, 0.2) is 0 Å². The van der Waals surface area contributed by atoms with Crippen LogP contribution >= 0.6 is 0 Å². The summed E-state index contributed by atoms with van der Waals surface area (Å²) in [5.41, 5.74) is -1.58. The number of nitrogens with one attached hydrogen (secondary N) is 1. The van der Waals surface area contributed by atoms with Gasteiger partial charge in [-0.1, -0.05) is 0 Å². The van der Waals surface area contributed by atoms with Crippen molar-refractivity contribution in [1.82, 2.24) is 19.5 Å². The van der Waals surface area contributed by atoms with Gasteiger partial charge in [-0.3, -0.25) is 4.40 Å². The minimum atomic E-state index is -4.80. The molecule has 6 nitrogen and oxygen atoms in total. The zero-order valence-corrected chi connectivity index (χ0v) is 15.8. The highest BCUT2D eigenvalue weighted by Crippen LogP contribution is 2.39. The topological polar surface area (TPSA) is 65.7 Å². The van der Waals surface area contributed by atoms with Gasteiger partial charge in [-0.2, -0.15) is 13.2 Å². The van der Waals surface area contributed by atoms with E-state index in [2.05, 4.69) is 15.5 Å². The van der Waals surface area contributed by atoms with Gasteiger partial charge < -0.3 is 15.3 Å². The monoisotopic (exact) mass is 427 g/mol. The number of benzene rings is 1. The Kier molecular flexibility index (Phi) is 5.00. The predicted molar refractivity (Wildman–Crippen MR) is 99.5 cm³/mol. The highest BCUT2D eigenvalue weighted by Gasteiger charge is 2.33. The molecule has 0 amide bonds. The van der Waals surface area contributed by atoms with Crippen molar-refractivity contribution >= 4 is 11.5 Å². The molecule has 2 aromatic heterocycles. The molecule has 2 N–H and O–H groups in total. The first-order valence-electron chi connectivity index (χ1n) is 9.16. The molecule has 0 radical (unpaired) electrons. The molecule has 11 heteroatoms. The van der Waals surface area contributed by atoms with Gasteiger partial charge in [-0.05, 0) is 31.3 Å². The third-order valence-electron chi connectivity index (χ3n) is 5.01. The molecule has 0 bridgehead atoms. The molecule has 0 unspecified atom stereocenters. The molecule has 0 spiro atoms. The number of nitrogens with zero attached hydrogens (tertiary/aromatic N) is 4. The molecule has 2 atom stereocenters. The highest BCUT2D eigenvalue weighted by atomic mass is 19.4. The van der Waals surface area contributed by atoms with Crippen molar-refractivity contribution in [3.8, 4) is 17.0 Å². The van der Waals surface area contributed by atoms with Crippen molar-refractivity contribution in [2.24, 2.45) is 0 Å². The minimum Gasteiger partial charge on any atom is -0.507 e. The smallest absolute Gasteiger partial charge is 0.416 e. The van der Waals surface area contributed by atoms with Crippen molar-refractivity contribution in [2.45, 2.75) is 24.8 Å². The second kappa shape index (κ2) is 7.38. The number of halogens is 5. The quantitative estimate of drug-likeness (QED) is 0.624. The SMILES string of the molecule is CN1C[C@H](F)C[C@@H](Nc2nnc(-c3c(O)cc(C(F)(F)F)cc3F)c3cccn23)C1. The molecule has 0 saturated carbocycles.